The first-order chi connectivity index (χ1) is 4.81. The van der Waals surface area contributed by atoms with Gasteiger partial charge in [-0.1, -0.05) is 54.8 Å². The fraction of sp³-hybridized carbons (Fsp3) is 0.778. The Kier molecular flexibility index (Phi) is 7.49. The summed E-state index contributed by atoms with van der Waals surface area (Å²) >= 11 is 3.58. The highest BCUT2D eigenvalue weighted by Gasteiger charge is 1.93. The molecule has 0 aliphatic rings. The minimum atomic E-state index is 0.601. The van der Waals surface area contributed by atoms with Crippen LogP contribution in [0.2, 0.25) is 0 Å². The molecule has 0 heterocycles. The molecule has 0 fully saturated rings. The molecule has 10 heavy (non-hydrogen) atoms. The van der Waals surface area contributed by atoms with Crippen molar-refractivity contribution in [2.24, 2.45) is 0 Å². The first-order valence-electron chi connectivity index (χ1n) is 4.12. The molecule has 60 valence electrons. The summed E-state index contributed by atoms with van der Waals surface area (Å²) in [7, 11) is 0. The van der Waals surface area contributed by atoms with Crippen molar-refractivity contribution in [1.82, 2.24) is 0 Å². The van der Waals surface area contributed by atoms with Crippen LogP contribution in [-0.4, -0.2) is 4.83 Å². The van der Waals surface area contributed by atoms with Gasteiger partial charge in [0.2, 0.25) is 0 Å². The molecule has 0 rings (SSSR count). The van der Waals surface area contributed by atoms with Crippen LogP contribution in [0, 0.1) is 0 Å². The van der Waals surface area contributed by atoms with Crippen molar-refractivity contribution in [3.63, 3.8) is 0 Å². The van der Waals surface area contributed by atoms with Crippen LogP contribution < -0.4 is 0 Å². The van der Waals surface area contributed by atoms with E-state index in [4.69, 9.17) is 0 Å². The third kappa shape index (κ3) is 6.34. The Morgan fingerprint density at radius 2 is 2.00 bits per heavy atom. The first kappa shape index (κ1) is 10.2. The number of rotatable bonds is 5. The minimum Gasteiger partial charge on any atom is -0.0874 e. The molecule has 0 aliphatic carbocycles. The average molecular weight is 205 g/mol. The van der Waals surface area contributed by atoms with Crippen LogP contribution in [0.25, 0.3) is 0 Å². The van der Waals surface area contributed by atoms with E-state index in [0.717, 1.165) is 0 Å². The van der Waals surface area contributed by atoms with E-state index in [1.165, 1.54) is 25.7 Å². The predicted octanol–water partition coefficient (Wildman–Crippen LogP) is 3.91. The van der Waals surface area contributed by atoms with E-state index >= 15 is 0 Å². The largest absolute Gasteiger partial charge is 0.0874 e. The molecule has 0 N–H and O–H groups in total. The van der Waals surface area contributed by atoms with Gasteiger partial charge in [0, 0.05) is 4.83 Å². The summed E-state index contributed by atoms with van der Waals surface area (Å²) in [5.41, 5.74) is 0. The lowest BCUT2D eigenvalue weighted by atomic mass is 10.2. The second kappa shape index (κ2) is 7.33. The van der Waals surface area contributed by atoms with E-state index in [-0.39, 0.29) is 0 Å². The normalized spacial score (nSPS) is 14.3. The first-order valence-corrected chi connectivity index (χ1v) is 5.03. The average Bonchev–Trinajstić information content (AvgIpc) is 1.89. The van der Waals surface area contributed by atoms with Gasteiger partial charge < -0.3 is 0 Å². The number of halogens is 1. The van der Waals surface area contributed by atoms with Gasteiger partial charge in [-0.15, -0.1) is 0 Å². The summed E-state index contributed by atoms with van der Waals surface area (Å²) in [6, 6.07) is 0. The topological polar surface area (TPSA) is 0 Å². The van der Waals surface area contributed by atoms with E-state index in [2.05, 4.69) is 41.9 Å². The van der Waals surface area contributed by atoms with Crippen LogP contribution in [0.1, 0.15) is 39.5 Å². The summed E-state index contributed by atoms with van der Waals surface area (Å²) in [6.07, 6.45) is 9.49. The SMILES string of the molecule is CCCC=CC(Br)CCC. The maximum Gasteiger partial charge on any atom is 0.0325 e. The molecule has 0 spiro atoms. The van der Waals surface area contributed by atoms with Crippen LogP contribution in [0.4, 0.5) is 0 Å². The van der Waals surface area contributed by atoms with Gasteiger partial charge in [-0.3, -0.25) is 0 Å². The Hall–Kier alpha value is 0.220. The van der Waals surface area contributed by atoms with Crippen molar-refractivity contribution in [1.29, 1.82) is 0 Å². The fourth-order valence-corrected chi connectivity index (χ4v) is 1.46. The number of hydrogen-bond acceptors (Lipinski definition) is 0. The lowest BCUT2D eigenvalue weighted by Gasteiger charge is -1.99. The number of alkyl halides is 1. The maximum absolute atomic E-state index is 3.58. The monoisotopic (exact) mass is 204 g/mol. The molecular weight excluding hydrogens is 188 g/mol. The molecule has 0 aromatic carbocycles. The standard InChI is InChI=1S/C9H17Br/c1-3-5-6-8-9(10)7-4-2/h6,8-9H,3-5,7H2,1-2H3. The Morgan fingerprint density at radius 3 is 2.50 bits per heavy atom. The zero-order valence-electron chi connectivity index (χ0n) is 6.94. The van der Waals surface area contributed by atoms with Gasteiger partial charge in [-0.2, -0.15) is 0 Å². The zero-order valence-corrected chi connectivity index (χ0v) is 8.52. The highest BCUT2D eigenvalue weighted by Crippen LogP contribution is 2.09. The zero-order chi connectivity index (χ0) is 7.82. The van der Waals surface area contributed by atoms with Crippen LogP contribution in [0.3, 0.4) is 0 Å². The van der Waals surface area contributed by atoms with Gasteiger partial charge in [0.1, 0.15) is 0 Å². The Bertz CT molecular complexity index is 86.7. The molecular formula is C9H17Br. The Balaban J connectivity index is 3.26. The van der Waals surface area contributed by atoms with Crippen molar-refractivity contribution in [2.75, 3.05) is 0 Å². The number of allylic oxidation sites excluding steroid dienone is 2. The molecule has 1 unspecified atom stereocenters. The van der Waals surface area contributed by atoms with Crippen molar-refractivity contribution in [3.8, 4) is 0 Å². The lowest BCUT2D eigenvalue weighted by Crippen LogP contribution is -1.89. The van der Waals surface area contributed by atoms with E-state index in [1.54, 1.807) is 0 Å². The van der Waals surface area contributed by atoms with Crippen LogP contribution in [0.15, 0.2) is 12.2 Å². The van der Waals surface area contributed by atoms with Gasteiger partial charge in [-0.05, 0) is 12.8 Å². The smallest absolute Gasteiger partial charge is 0.0325 e. The van der Waals surface area contributed by atoms with E-state index < -0.39 is 0 Å². The second-order valence-corrected chi connectivity index (χ2v) is 3.70. The summed E-state index contributed by atoms with van der Waals surface area (Å²) < 4.78 is 0. The molecule has 0 amide bonds. The minimum absolute atomic E-state index is 0.601. The van der Waals surface area contributed by atoms with Crippen LogP contribution >= 0.6 is 15.9 Å². The molecule has 0 aromatic rings. The summed E-state index contributed by atoms with van der Waals surface area (Å²) in [5, 5.41) is 0. The number of unbranched alkanes of at least 4 members (excludes halogenated alkanes) is 1. The van der Waals surface area contributed by atoms with Gasteiger partial charge in [-0.25, -0.2) is 0 Å². The summed E-state index contributed by atoms with van der Waals surface area (Å²) in [5.74, 6) is 0. The van der Waals surface area contributed by atoms with E-state index in [9.17, 15) is 0 Å². The third-order valence-corrected chi connectivity index (χ3v) is 2.13. The fourth-order valence-electron chi connectivity index (χ4n) is 0.783. The van der Waals surface area contributed by atoms with Gasteiger partial charge >= 0.3 is 0 Å². The highest BCUT2D eigenvalue weighted by molar-refractivity contribution is 9.09. The molecule has 0 saturated heterocycles. The van der Waals surface area contributed by atoms with Crippen molar-refractivity contribution in [3.05, 3.63) is 12.2 Å². The van der Waals surface area contributed by atoms with Gasteiger partial charge in [0.05, 0.1) is 0 Å². The van der Waals surface area contributed by atoms with Crippen molar-refractivity contribution >= 4 is 15.9 Å². The molecule has 0 saturated carbocycles. The quantitative estimate of drug-likeness (QED) is 0.471. The molecule has 1 atom stereocenters. The molecule has 0 bridgehead atoms. The van der Waals surface area contributed by atoms with Crippen molar-refractivity contribution < 1.29 is 0 Å². The Morgan fingerprint density at radius 1 is 1.30 bits per heavy atom. The van der Waals surface area contributed by atoms with Gasteiger partial charge in [0.25, 0.3) is 0 Å². The second-order valence-electron chi connectivity index (χ2n) is 2.52. The third-order valence-electron chi connectivity index (χ3n) is 1.36. The number of hydrogen-bond donors (Lipinski definition) is 0. The van der Waals surface area contributed by atoms with Crippen LogP contribution in [-0.2, 0) is 0 Å². The van der Waals surface area contributed by atoms with Gasteiger partial charge in [0.15, 0.2) is 0 Å². The summed E-state index contributed by atoms with van der Waals surface area (Å²) in [4.78, 5) is 0.601. The van der Waals surface area contributed by atoms with Crippen molar-refractivity contribution in [2.45, 2.75) is 44.4 Å². The Labute approximate surface area is 72.8 Å². The molecule has 0 aromatic heterocycles. The molecule has 0 aliphatic heterocycles. The lowest BCUT2D eigenvalue weighted by molar-refractivity contribution is 0.831. The molecule has 0 radical (unpaired) electrons. The predicted molar refractivity (Wildman–Crippen MR) is 51.7 cm³/mol. The van der Waals surface area contributed by atoms with E-state index in [0.29, 0.717) is 4.83 Å². The highest BCUT2D eigenvalue weighted by atomic mass is 79.9. The summed E-state index contributed by atoms with van der Waals surface area (Å²) in [6.45, 7) is 4.41. The van der Waals surface area contributed by atoms with E-state index in [1.807, 2.05) is 0 Å². The van der Waals surface area contributed by atoms with Crippen LogP contribution in [0.5, 0.6) is 0 Å². The molecule has 0 nitrogen and oxygen atoms in total. The molecule has 1 heteroatoms. The maximum atomic E-state index is 3.58.